The first kappa shape index (κ1) is 22.5. The maximum absolute atomic E-state index is 11.5. The Kier molecular flexibility index (Phi) is 8.60. The number of sulfone groups is 1. The number of hydrogen-bond donors (Lipinski definition) is 2. The third-order valence-electron chi connectivity index (χ3n) is 4.10. The molecular formula is C20H25Cl2N3O2S. The average molecular weight is 442 g/mol. The molecule has 0 radical (unpaired) electrons. The number of aliphatic imine (C=N–C) groups is 1. The van der Waals surface area contributed by atoms with Crippen LogP contribution in [0.2, 0.25) is 10.0 Å². The highest BCUT2D eigenvalue weighted by Gasteiger charge is 2.07. The van der Waals surface area contributed by atoms with Crippen LogP contribution in [0.1, 0.15) is 18.1 Å². The van der Waals surface area contributed by atoms with Gasteiger partial charge in [0, 0.05) is 35.9 Å². The molecular weight excluding hydrogens is 417 g/mol. The van der Waals surface area contributed by atoms with Gasteiger partial charge in [-0.2, -0.15) is 0 Å². The first-order valence-corrected chi connectivity index (χ1v) is 11.7. The molecule has 2 N–H and O–H groups in total. The fraction of sp³-hybridized carbons (Fsp3) is 0.350. The predicted octanol–water partition coefficient (Wildman–Crippen LogP) is 3.74. The molecule has 0 aromatic heterocycles. The quantitative estimate of drug-likeness (QED) is 0.483. The summed E-state index contributed by atoms with van der Waals surface area (Å²) in [5.74, 6) is 0.721. The zero-order valence-electron chi connectivity index (χ0n) is 16.0. The molecule has 0 bridgehead atoms. The first-order chi connectivity index (χ1) is 13.3. The Bertz CT molecular complexity index is 893. The number of benzene rings is 2. The summed E-state index contributed by atoms with van der Waals surface area (Å²) in [6.07, 6.45) is 2.62. The lowest BCUT2D eigenvalue weighted by atomic mass is 10.1. The van der Waals surface area contributed by atoms with Crippen molar-refractivity contribution in [2.45, 2.75) is 24.7 Å². The molecule has 0 aliphatic carbocycles. The minimum atomic E-state index is -3.16. The van der Waals surface area contributed by atoms with E-state index in [0.717, 1.165) is 30.1 Å². The van der Waals surface area contributed by atoms with Gasteiger partial charge in [0.05, 0.1) is 4.90 Å². The van der Waals surface area contributed by atoms with Crippen LogP contribution in [0.3, 0.4) is 0 Å². The van der Waals surface area contributed by atoms with E-state index in [9.17, 15) is 8.42 Å². The number of nitrogens with one attached hydrogen (secondary N) is 2. The van der Waals surface area contributed by atoms with Crippen LogP contribution in [0.25, 0.3) is 0 Å². The number of halogens is 2. The lowest BCUT2D eigenvalue weighted by Gasteiger charge is -2.12. The van der Waals surface area contributed by atoms with Gasteiger partial charge in [0.25, 0.3) is 0 Å². The van der Waals surface area contributed by atoms with E-state index in [1.54, 1.807) is 12.1 Å². The number of nitrogens with zero attached hydrogens (tertiary/aromatic N) is 1. The van der Waals surface area contributed by atoms with Crippen molar-refractivity contribution in [2.75, 3.05) is 25.9 Å². The SMILES string of the molecule is CCNC(=NCCc1c(Cl)cccc1Cl)NCCc1ccc(S(C)(=O)=O)cc1. The molecule has 0 saturated carbocycles. The van der Waals surface area contributed by atoms with Gasteiger partial charge in [0.2, 0.25) is 0 Å². The summed E-state index contributed by atoms with van der Waals surface area (Å²) in [5.41, 5.74) is 1.95. The second kappa shape index (κ2) is 10.7. The number of guanidine groups is 1. The highest BCUT2D eigenvalue weighted by atomic mass is 35.5. The van der Waals surface area contributed by atoms with E-state index in [2.05, 4.69) is 15.6 Å². The summed E-state index contributed by atoms with van der Waals surface area (Å²) < 4.78 is 23.0. The Morgan fingerprint density at radius 2 is 1.64 bits per heavy atom. The highest BCUT2D eigenvalue weighted by molar-refractivity contribution is 7.90. The van der Waals surface area contributed by atoms with Gasteiger partial charge in [-0.15, -0.1) is 0 Å². The molecule has 0 aliphatic heterocycles. The number of hydrogen-bond acceptors (Lipinski definition) is 3. The number of rotatable bonds is 8. The molecule has 2 rings (SSSR count). The highest BCUT2D eigenvalue weighted by Crippen LogP contribution is 2.24. The predicted molar refractivity (Wildman–Crippen MR) is 117 cm³/mol. The first-order valence-electron chi connectivity index (χ1n) is 9.05. The van der Waals surface area contributed by atoms with Crippen LogP contribution in [0, 0.1) is 0 Å². The Morgan fingerprint density at radius 1 is 1.00 bits per heavy atom. The van der Waals surface area contributed by atoms with Crippen molar-refractivity contribution in [3.63, 3.8) is 0 Å². The topological polar surface area (TPSA) is 70.6 Å². The minimum Gasteiger partial charge on any atom is -0.357 e. The molecule has 5 nitrogen and oxygen atoms in total. The van der Waals surface area contributed by atoms with Crippen molar-refractivity contribution in [3.05, 3.63) is 63.6 Å². The third-order valence-corrected chi connectivity index (χ3v) is 5.93. The van der Waals surface area contributed by atoms with Crippen LogP contribution in [-0.4, -0.2) is 40.3 Å². The average Bonchev–Trinajstić information content (AvgIpc) is 2.64. The van der Waals surface area contributed by atoms with Crippen molar-refractivity contribution in [1.29, 1.82) is 0 Å². The maximum atomic E-state index is 11.5. The Labute approximate surface area is 177 Å². The molecule has 2 aromatic carbocycles. The molecule has 8 heteroatoms. The molecule has 152 valence electrons. The standard InChI is InChI=1S/C20H25Cl2N3O2S/c1-3-23-20(25-14-12-17-18(21)5-4-6-19(17)22)24-13-11-15-7-9-16(10-8-15)28(2,26)27/h4-10H,3,11-14H2,1-2H3,(H2,23,24,25). The fourth-order valence-electron chi connectivity index (χ4n) is 2.62. The molecule has 0 amide bonds. The summed E-state index contributed by atoms with van der Waals surface area (Å²) >= 11 is 12.4. The van der Waals surface area contributed by atoms with Gasteiger partial charge in [-0.25, -0.2) is 8.42 Å². The van der Waals surface area contributed by atoms with Gasteiger partial charge in [-0.1, -0.05) is 41.4 Å². The molecule has 0 spiro atoms. The van der Waals surface area contributed by atoms with E-state index < -0.39 is 9.84 Å². The molecule has 0 unspecified atom stereocenters. The van der Waals surface area contributed by atoms with Crippen LogP contribution in [0.5, 0.6) is 0 Å². The van der Waals surface area contributed by atoms with Crippen LogP contribution < -0.4 is 10.6 Å². The van der Waals surface area contributed by atoms with E-state index in [-0.39, 0.29) is 0 Å². The van der Waals surface area contributed by atoms with E-state index in [0.29, 0.717) is 34.5 Å². The largest absolute Gasteiger partial charge is 0.357 e. The van der Waals surface area contributed by atoms with Crippen LogP contribution in [-0.2, 0) is 22.7 Å². The van der Waals surface area contributed by atoms with E-state index >= 15 is 0 Å². The van der Waals surface area contributed by atoms with Crippen LogP contribution in [0.15, 0.2) is 52.4 Å². The van der Waals surface area contributed by atoms with Crippen molar-refractivity contribution >= 4 is 39.0 Å². The summed E-state index contributed by atoms with van der Waals surface area (Å²) in [6.45, 7) is 3.99. The Balaban J connectivity index is 1.89. The third kappa shape index (κ3) is 7.00. The molecule has 2 aromatic rings. The molecule has 0 aliphatic rings. The lowest BCUT2D eigenvalue weighted by molar-refractivity contribution is 0.602. The van der Waals surface area contributed by atoms with Gasteiger partial charge in [0.15, 0.2) is 15.8 Å². The minimum absolute atomic E-state index is 0.331. The second-order valence-electron chi connectivity index (χ2n) is 6.30. The lowest BCUT2D eigenvalue weighted by Crippen LogP contribution is -2.38. The maximum Gasteiger partial charge on any atom is 0.191 e. The van der Waals surface area contributed by atoms with Crippen molar-refractivity contribution in [3.8, 4) is 0 Å². The van der Waals surface area contributed by atoms with Gasteiger partial charge in [-0.3, -0.25) is 4.99 Å². The van der Waals surface area contributed by atoms with Gasteiger partial charge >= 0.3 is 0 Å². The Hall–Kier alpha value is -1.76. The zero-order valence-corrected chi connectivity index (χ0v) is 18.3. The van der Waals surface area contributed by atoms with Gasteiger partial charge in [0.1, 0.15) is 0 Å². The molecule has 0 heterocycles. The van der Waals surface area contributed by atoms with Crippen LogP contribution >= 0.6 is 23.2 Å². The second-order valence-corrected chi connectivity index (χ2v) is 9.13. The molecule has 0 atom stereocenters. The van der Waals surface area contributed by atoms with Crippen molar-refractivity contribution < 1.29 is 8.42 Å². The smallest absolute Gasteiger partial charge is 0.191 e. The molecule has 0 saturated heterocycles. The zero-order chi connectivity index (χ0) is 20.6. The summed E-state index contributed by atoms with van der Waals surface area (Å²) in [5, 5.41) is 7.79. The van der Waals surface area contributed by atoms with E-state index in [4.69, 9.17) is 23.2 Å². The normalized spacial score (nSPS) is 12.1. The van der Waals surface area contributed by atoms with E-state index in [1.165, 1.54) is 6.26 Å². The monoisotopic (exact) mass is 441 g/mol. The summed E-state index contributed by atoms with van der Waals surface area (Å²) in [6, 6.07) is 12.4. The van der Waals surface area contributed by atoms with E-state index in [1.807, 2.05) is 37.3 Å². The van der Waals surface area contributed by atoms with Gasteiger partial charge in [-0.05, 0) is 55.2 Å². The van der Waals surface area contributed by atoms with Gasteiger partial charge < -0.3 is 10.6 Å². The summed E-state index contributed by atoms with van der Waals surface area (Å²) in [7, 11) is -3.16. The van der Waals surface area contributed by atoms with Crippen molar-refractivity contribution in [2.24, 2.45) is 4.99 Å². The molecule has 0 fully saturated rings. The summed E-state index contributed by atoms with van der Waals surface area (Å²) in [4.78, 5) is 4.90. The Morgan fingerprint density at radius 3 is 2.21 bits per heavy atom. The molecule has 28 heavy (non-hydrogen) atoms. The fourth-order valence-corrected chi connectivity index (χ4v) is 3.84. The van der Waals surface area contributed by atoms with Crippen molar-refractivity contribution in [1.82, 2.24) is 10.6 Å². The van der Waals surface area contributed by atoms with Crippen LogP contribution in [0.4, 0.5) is 0 Å².